The van der Waals surface area contributed by atoms with Crippen LogP contribution in [-0.4, -0.2) is 63.6 Å². The van der Waals surface area contributed by atoms with Crippen molar-refractivity contribution in [3.63, 3.8) is 0 Å². The van der Waals surface area contributed by atoms with Gasteiger partial charge in [0.1, 0.15) is 11.9 Å². The van der Waals surface area contributed by atoms with Crippen molar-refractivity contribution in [2.75, 3.05) is 26.7 Å². The number of likely N-dealkylation sites (N-methyl/N-ethyl adjacent to an activating group) is 1. The number of aliphatic carboxylic acids is 1. The minimum atomic E-state index is -0.681. The van der Waals surface area contributed by atoms with Gasteiger partial charge >= 0.3 is 5.97 Å². The molecule has 2 fully saturated rings. The van der Waals surface area contributed by atoms with Gasteiger partial charge in [0.25, 0.3) is 0 Å². The molecule has 1 N–H and O–H groups in total. The van der Waals surface area contributed by atoms with Gasteiger partial charge in [-0.1, -0.05) is 13.8 Å². The van der Waals surface area contributed by atoms with Crippen molar-refractivity contribution >= 4 is 5.97 Å². The molecule has 1 spiro atoms. The molecule has 0 radical (unpaired) electrons. The molecule has 2 saturated heterocycles. The second-order valence-electron chi connectivity index (χ2n) is 7.81. The fourth-order valence-electron chi connectivity index (χ4n) is 4.10. The lowest BCUT2D eigenvalue weighted by molar-refractivity contribution is -0.141. The lowest BCUT2D eigenvalue weighted by Crippen LogP contribution is -2.41. The van der Waals surface area contributed by atoms with Gasteiger partial charge in [-0.05, 0) is 50.9 Å². The maximum atomic E-state index is 11.4. The van der Waals surface area contributed by atoms with E-state index in [0.717, 1.165) is 57.0 Å². The van der Waals surface area contributed by atoms with Crippen molar-refractivity contribution in [3.8, 4) is 0 Å². The van der Waals surface area contributed by atoms with Gasteiger partial charge in [0.05, 0.1) is 5.69 Å². The van der Waals surface area contributed by atoms with Gasteiger partial charge in [0, 0.05) is 25.2 Å². The summed E-state index contributed by atoms with van der Waals surface area (Å²) < 4.78 is 0. The molecule has 0 saturated carbocycles. The van der Waals surface area contributed by atoms with E-state index < -0.39 is 5.97 Å². The summed E-state index contributed by atoms with van der Waals surface area (Å²) in [7, 11) is 1.94. The first-order chi connectivity index (χ1) is 11.4. The standard InChI is InChI=1S/C18H28N4O2/c1-13(2)16-19-7-4-14(20-16)11-22-8-5-18(6-9-22)10-15(17(23)24)21(3)12-18/h4,7,13,15H,5-6,8-12H2,1-3H3,(H,23,24)/t15-/m1/s1. The number of carboxylic acid groups (broad SMARTS) is 1. The third kappa shape index (κ3) is 3.59. The van der Waals surface area contributed by atoms with Crippen LogP contribution in [0.15, 0.2) is 12.3 Å². The first-order valence-electron chi connectivity index (χ1n) is 8.86. The number of piperidine rings is 1. The normalized spacial score (nSPS) is 24.8. The zero-order valence-electron chi connectivity index (χ0n) is 14.9. The van der Waals surface area contributed by atoms with Gasteiger partial charge in [-0.25, -0.2) is 9.97 Å². The molecular weight excluding hydrogens is 304 g/mol. The van der Waals surface area contributed by atoms with E-state index in [9.17, 15) is 9.90 Å². The van der Waals surface area contributed by atoms with Crippen molar-refractivity contribution in [1.82, 2.24) is 19.8 Å². The van der Waals surface area contributed by atoms with Crippen LogP contribution in [0.5, 0.6) is 0 Å². The van der Waals surface area contributed by atoms with E-state index in [1.165, 1.54) is 0 Å². The molecule has 6 heteroatoms. The van der Waals surface area contributed by atoms with Gasteiger partial charge in [-0.2, -0.15) is 0 Å². The highest BCUT2D eigenvalue weighted by atomic mass is 16.4. The van der Waals surface area contributed by atoms with Gasteiger partial charge in [0.15, 0.2) is 0 Å². The van der Waals surface area contributed by atoms with E-state index >= 15 is 0 Å². The Labute approximate surface area is 143 Å². The third-order valence-electron chi connectivity index (χ3n) is 5.58. The monoisotopic (exact) mass is 332 g/mol. The van der Waals surface area contributed by atoms with Crippen LogP contribution < -0.4 is 0 Å². The number of likely N-dealkylation sites (tertiary alicyclic amines) is 2. The number of hydrogen-bond donors (Lipinski definition) is 1. The largest absolute Gasteiger partial charge is 0.480 e. The predicted molar refractivity (Wildman–Crippen MR) is 91.7 cm³/mol. The Hall–Kier alpha value is -1.53. The van der Waals surface area contributed by atoms with Crippen molar-refractivity contribution in [2.45, 2.75) is 51.6 Å². The summed E-state index contributed by atoms with van der Waals surface area (Å²) in [5, 5.41) is 9.35. The fraction of sp³-hybridized carbons (Fsp3) is 0.722. The maximum absolute atomic E-state index is 11.4. The van der Waals surface area contributed by atoms with Crippen molar-refractivity contribution < 1.29 is 9.90 Å². The predicted octanol–water partition coefficient (Wildman–Crippen LogP) is 1.97. The average Bonchev–Trinajstić information content (AvgIpc) is 2.87. The second kappa shape index (κ2) is 6.76. The van der Waals surface area contributed by atoms with Crippen LogP contribution >= 0.6 is 0 Å². The van der Waals surface area contributed by atoms with Gasteiger partial charge in [-0.3, -0.25) is 14.6 Å². The first-order valence-corrected chi connectivity index (χ1v) is 8.86. The van der Waals surface area contributed by atoms with E-state index in [1.54, 1.807) is 0 Å². The molecule has 0 amide bonds. The summed E-state index contributed by atoms with van der Waals surface area (Å²) >= 11 is 0. The Bertz CT molecular complexity index is 596. The maximum Gasteiger partial charge on any atom is 0.320 e. The van der Waals surface area contributed by atoms with Crippen molar-refractivity contribution in [2.24, 2.45) is 5.41 Å². The number of carboxylic acids is 1. The molecule has 1 atom stereocenters. The van der Waals surface area contributed by atoms with E-state index in [2.05, 4.69) is 28.7 Å². The summed E-state index contributed by atoms with van der Waals surface area (Å²) in [6.45, 7) is 8.01. The summed E-state index contributed by atoms with van der Waals surface area (Å²) in [4.78, 5) is 24.8. The molecule has 1 aromatic heterocycles. The topological polar surface area (TPSA) is 69.6 Å². The zero-order valence-corrected chi connectivity index (χ0v) is 14.9. The van der Waals surface area contributed by atoms with Gasteiger partial charge in [-0.15, -0.1) is 0 Å². The van der Waals surface area contributed by atoms with E-state index in [4.69, 9.17) is 0 Å². The molecule has 0 aromatic carbocycles. The molecule has 1 aromatic rings. The molecule has 2 aliphatic heterocycles. The highest BCUT2D eigenvalue weighted by Gasteiger charge is 2.46. The average molecular weight is 332 g/mol. The molecule has 0 aliphatic carbocycles. The van der Waals surface area contributed by atoms with Crippen LogP contribution in [-0.2, 0) is 11.3 Å². The molecule has 6 nitrogen and oxygen atoms in total. The van der Waals surface area contributed by atoms with Gasteiger partial charge < -0.3 is 5.11 Å². The summed E-state index contributed by atoms with van der Waals surface area (Å²) in [6.07, 6.45) is 4.79. The quantitative estimate of drug-likeness (QED) is 0.909. The minimum absolute atomic E-state index is 0.184. The first kappa shape index (κ1) is 17.3. The SMILES string of the molecule is CC(C)c1nccc(CN2CCC3(CC2)C[C@H](C(=O)O)N(C)C3)n1. The van der Waals surface area contributed by atoms with Crippen molar-refractivity contribution in [1.29, 1.82) is 0 Å². The highest BCUT2D eigenvalue weighted by Crippen LogP contribution is 2.42. The smallest absolute Gasteiger partial charge is 0.320 e. The molecule has 0 unspecified atom stereocenters. The molecular formula is C18H28N4O2. The third-order valence-corrected chi connectivity index (χ3v) is 5.58. The summed E-state index contributed by atoms with van der Waals surface area (Å²) in [5.41, 5.74) is 1.26. The Balaban J connectivity index is 1.58. The Morgan fingerprint density at radius 1 is 1.42 bits per heavy atom. The second-order valence-corrected chi connectivity index (χ2v) is 7.81. The minimum Gasteiger partial charge on any atom is -0.480 e. The molecule has 2 aliphatic rings. The molecule has 3 rings (SSSR count). The van der Waals surface area contributed by atoms with Crippen molar-refractivity contribution in [3.05, 3.63) is 23.8 Å². The van der Waals surface area contributed by atoms with Crippen LogP contribution in [0.2, 0.25) is 0 Å². The van der Waals surface area contributed by atoms with E-state index in [1.807, 2.05) is 24.2 Å². The number of aromatic nitrogens is 2. The number of rotatable bonds is 4. The molecule has 0 bridgehead atoms. The number of carbonyl (C=O) groups is 1. The van der Waals surface area contributed by atoms with Crippen LogP contribution in [0.25, 0.3) is 0 Å². The number of hydrogen-bond acceptors (Lipinski definition) is 5. The molecule has 24 heavy (non-hydrogen) atoms. The lowest BCUT2D eigenvalue weighted by Gasteiger charge is -2.39. The Kier molecular flexibility index (Phi) is 4.88. The van der Waals surface area contributed by atoms with E-state index in [0.29, 0.717) is 5.92 Å². The number of nitrogens with zero attached hydrogens (tertiary/aromatic N) is 4. The molecule has 132 valence electrons. The zero-order chi connectivity index (χ0) is 17.3. The lowest BCUT2D eigenvalue weighted by atomic mass is 9.76. The Morgan fingerprint density at radius 2 is 2.12 bits per heavy atom. The van der Waals surface area contributed by atoms with E-state index in [-0.39, 0.29) is 11.5 Å². The fourth-order valence-corrected chi connectivity index (χ4v) is 4.10. The van der Waals surface area contributed by atoms with Crippen LogP contribution in [0.1, 0.15) is 50.5 Å². The molecule has 3 heterocycles. The summed E-state index contributed by atoms with van der Waals surface area (Å²) in [5.74, 6) is 0.568. The van der Waals surface area contributed by atoms with Crippen LogP contribution in [0.3, 0.4) is 0 Å². The van der Waals surface area contributed by atoms with Crippen LogP contribution in [0, 0.1) is 5.41 Å². The highest BCUT2D eigenvalue weighted by molar-refractivity contribution is 5.74. The van der Waals surface area contributed by atoms with Crippen LogP contribution in [0.4, 0.5) is 0 Å². The van der Waals surface area contributed by atoms with Gasteiger partial charge in [0.2, 0.25) is 0 Å². The summed E-state index contributed by atoms with van der Waals surface area (Å²) in [6, 6.07) is 1.69. The Morgan fingerprint density at radius 3 is 2.71 bits per heavy atom.